The van der Waals surface area contributed by atoms with Crippen LogP contribution in [-0.4, -0.2) is 21.0 Å². The Kier molecular flexibility index (Phi) is 2.14. The van der Waals surface area contributed by atoms with E-state index in [1.807, 2.05) is 0 Å². The van der Waals surface area contributed by atoms with E-state index in [-0.39, 0.29) is 5.56 Å². The molecular weight excluding hydrogens is 223 g/mol. The van der Waals surface area contributed by atoms with Crippen LogP contribution in [0.15, 0.2) is 12.1 Å². The lowest BCUT2D eigenvalue weighted by Gasteiger charge is -1.95. The first-order valence-corrected chi connectivity index (χ1v) is 5.55. The van der Waals surface area contributed by atoms with Gasteiger partial charge < -0.3 is 10.1 Å². The number of aromatic nitrogens is 2. The molecule has 2 N–H and O–H groups in total. The van der Waals surface area contributed by atoms with E-state index in [1.54, 1.807) is 0 Å². The molecule has 3 rings (SSSR count). The highest BCUT2D eigenvalue weighted by Gasteiger charge is 2.24. The van der Waals surface area contributed by atoms with Crippen LogP contribution in [0.1, 0.15) is 29.0 Å². The number of carbonyl (C=O) groups is 1. The monoisotopic (exact) mass is 234 g/mol. The molecule has 0 radical (unpaired) electrons. The molecule has 0 aliphatic heterocycles. The number of nitrogens with one attached hydrogen (secondary N) is 1. The van der Waals surface area contributed by atoms with Gasteiger partial charge in [0.25, 0.3) is 0 Å². The van der Waals surface area contributed by atoms with Crippen molar-refractivity contribution in [3.8, 4) is 0 Å². The molecule has 1 aromatic carbocycles. The first-order valence-electron chi connectivity index (χ1n) is 5.55. The molecule has 2 aromatic rings. The van der Waals surface area contributed by atoms with Crippen molar-refractivity contribution >= 4 is 17.0 Å². The molecule has 0 unspecified atom stereocenters. The molecule has 0 saturated heterocycles. The quantitative estimate of drug-likeness (QED) is 0.856. The summed E-state index contributed by atoms with van der Waals surface area (Å²) in [7, 11) is 0. The SMILES string of the molecule is O=C(O)c1cc(F)cc2[nH]c(CC3CC3)nc12. The van der Waals surface area contributed by atoms with E-state index in [9.17, 15) is 9.18 Å². The molecular formula is C12H11FN2O2. The van der Waals surface area contributed by atoms with Crippen LogP contribution in [-0.2, 0) is 6.42 Å². The molecule has 5 heteroatoms. The molecule has 1 heterocycles. The number of aromatic amines is 1. The molecule has 0 spiro atoms. The Balaban J connectivity index is 2.12. The van der Waals surface area contributed by atoms with Gasteiger partial charge >= 0.3 is 5.97 Å². The Bertz CT molecular complexity index is 602. The third-order valence-electron chi connectivity index (χ3n) is 3.01. The summed E-state index contributed by atoms with van der Waals surface area (Å²) in [5.74, 6) is -0.320. The number of halogens is 1. The van der Waals surface area contributed by atoms with E-state index >= 15 is 0 Å². The van der Waals surface area contributed by atoms with E-state index in [4.69, 9.17) is 5.11 Å². The molecule has 1 fully saturated rings. The predicted molar refractivity (Wildman–Crippen MR) is 59.4 cm³/mol. The molecule has 4 nitrogen and oxygen atoms in total. The Labute approximate surface area is 96.5 Å². The Morgan fingerprint density at radius 1 is 1.53 bits per heavy atom. The lowest BCUT2D eigenvalue weighted by molar-refractivity contribution is 0.0698. The van der Waals surface area contributed by atoms with Gasteiger partial charge in [0.2, 0.25) is 0 Å². The van der Waals surface area contributed by atoms with Crippen LogP contribution in [0.5, 0.6) is 0 Å². The van der Waals surface area contributed by atoms with Crippen LogP contribution in [0.2, 0.25) is 0 Å². The number of nitrogens with zero attached hydrogens (tertiary/aromatic N) is 1. The maximum Gasteiger partial charge on any atom is 0.338 e. The first-order chi connectivity index (χ1) is 8.13. The van der Waals surface area contributed by atoms with Crippen molar-refractivity contribution in [2.24, 2.45) is 5.92 Å². The summed E-state index contributed by atoms with van der Waals surface area (Å²) < 4.78 is 13.2. The minimum absolute atomic E-state index is 0.0849. The second-order valence-electron chi connectivity index (χ2n) is 4.49. The van der Waals surface area contributed by atoms with Crippen LogP contribution in [0.3, 0.4) is 0 Å². The highest BCUT2D eigenvalue weighted by atomic mass is 19.1. The number of imidazole rings is 1. The number of hydrogen-bond donors (Lipinski definition) is 2. The second kappa shape index (κ2) is 3.55. The lowest BCUT2D eigenvalue weighted by atomic mass is 10.2. The average Bonchev–Trinajstić information content (AvgIpc) is 2.95. The fraction of sp³-hybridized carbons (Fsp3) is 0.333. The van der Waals surface area contributed by atoms with Crippen molar-refractivity contribution in [1.29, 1.82) is 0 Å². The van der Waals surface area contributed by atoms with Gasteiger partial charge in [-0.3, -0.25) is 0 Å². The zero-order valence-corrected chi connectivity index (χ0v) is 9.03. The fourth-order valence-corrected chi connectivity index (χ4v) is 1.99. The number of fused-ring (bicyclic) bond motifs is 1. The van der Waals surface area contributed by atoms with Gasteiger partial charge in [0.15, 0.2) is 0 Å². The highest BCUT2D eigenvalue weighted by molar-refractivity contribution is 6.00. The predicted octanol–water partition coefficient (Wildman–Crippen LogP) is 2.35. The highest BCUT2D eigenvalue weighted by Crippen LogP contribution is 2.32. The summed E-state index contributed by atoms with van der Waals surface area (Å²) in [6, 6.07) is 2.29. The van der Waals surface area contributed by atoms with E-state index in [0.717, 1.165) is 18.3 Å². The van der Waals surface area contributed by atoms with Crippen molar-refractivity contribution < 1.29 is 14.3 Å². The van der Waals surface area contributed by atoms with E-state index < -0.39 is 11.8 Å². The number of hydrogen-bond acceptors (Lipinski definition) is 2. The van der Waals surface area contributed by atoms with Gasteiger partial charge in [-0.25, -0.2) is 14.2 Å². The molecule has 1 aromatic heterocycles. The van der Waals surface area contributed by atoms with Gasteiger partial charge in [-0.2, -0.15) is 0 Å². The summed E-state index contributed by atoms with van der Waals surface area (Å²) in [5.41, 5.74) is 0.714. The Hall–Kier alpha value is -1.91. The van der Waals surface area contributed by atoms with Gasteiger partial charge in [0, 0.05) is 6.42 Å². The fourth-order valence-electron chi connectivity index (χ4n) is 1.99. The van der Waals surface area contributed by atoms with Gasteiger partial charge in [0.1, 0.15) is 17.2 Å². The maximum atomic E-state index is 13.2. The zero-order valence-electron chi connectivity index (χ0n) is 9.03. The molecule has 1 aliphatic carbocycles. The first kappa shape index (κ1) is 10.3. The largest absolute Gasteiger partial charge is 0.478 e. The Morgan fingerprint density at radius 2 is 2.29 bits per heavy atom. The molecule has 1 saturated carbocycles. The summed E-state index contributed by atoms with van der Waals surface area (Å²) in [4.78, 5) is 18.2. The van der Waals surface area contributed by atoms with E-state index in [2.05, 4.69) is 9.97 Å². The van der Waals surface area contributed by atoms with Crippen molar-refractivity contribution in [1.82, 2.24) is 9.97 Å². The number of benzene rings is 1. The van der Waals surface area contributed by atoms with Gasteiger partial charge in [-0.15, -0.1) is 0 Å². The molecule has 0 amide bonds. The topological polar surface area (TPSA) is 66.0 Å². The van der Waals surface area contributed by atoms with Crippen LogP contribution < -0.4 is 0 Å². The van der Waals surface area contributed by atoms with Gasteiger partial charge in [-0.05, 0) is 30.9 Å². The third kappa shape index (κ3) is 1.88. The minimum atomic E-state index is -1.15. The number of rotatable bonds is 3. The number of aromatic carboxylic acids is 1. The summed E-state index contributed by atoms with van der Waals surface area (Å²) in [6.45, 7) is 0. The number of H-pyrrole nitrogens is 1. The van der Waals surface area contributed by atoms with Crippen LogP contribution >= 0.6 is 0 Å². The minimum Gasteiger partial charge on any atom is -0.478 e. The zero-order chi connectivity index (χ0) is 12.0. The van der Waals surface area contributed by atoms with E-state index in [0.29, 0.717) is 17.0 Å². The molecule has 88 valence electrons. The second-order valence-corrected chi connectivity index (χ2v) is 4.49. The normalized spacial score (nSPS) is 15.4. The van der Waals surface area contributed by atoms with Crippen molar-refractivity contribution in [3.05, 3.63) is 29.3 Å². The molecule has 0 atom stereocenters. The molecule has 0 bridgehead atoms. The Morgan fingerprint density at radius 3 is 2.94 bits per heavy atom. The average molecular weight is 234 g/mol. The number of carboxylic acid groups (broad SMARTS) is 1. The van der Waals surface area contributed by atoms with Crippen molar-refractivity contribution in [3.63, 3.8) is 0 Å². The third-order valence-corrected chi connectivity index (χ3v) is 3.01. The molecule has 1 aliphatic rings. The summed E-state index contributed by atoms with van der Waals surface area (Å²) in [6.07, 6.45) is 3.20. The van der Waals surface area contributed by atoms with Crippen molar-refractivity contribution in [2.75, 3.05) is 0 Å². The van der Waals surface area contributed by atoms with E-state index in [1.165, 1.54) is 18.9 Å². The van der Waals surface area contributed by atoms with Crippen LogP contribution in [0.4, 0.5) is 4.39 Å². The van der Waals surface area contributed by atoms with Crippen molar-refractivity contribution in [2.45, 2.75) is 19.3 Å². The molecule has 17 heavy (non-hydrogen) atoms. The number of carboxylic acids is 1. The van der Waals surface area contributed by atoms with Gasteiger partial charge in [0.05, 0.1) is 11.1 Å². The van der Waals surface area contributed by atoms with Crippen LogP contribution in [0.25, 0.3) is 11.0 Å². The van der Waals surface area contributed by atoms with Gasteiger partial charge in [-0.1, -0.05) is 0 Å². The summed E-state index contributed by atoms with van der Waals surface area (Å²) >= 11 is 0. The summed E-state index contributed by atoms with van der Waals surface area (Å²) in [5, 5.41) is 8.99. The standard InChI is InChI=1S/C12H11FN2O2/c13-7-4-8(12(16)17)11-9(5-7)14-10(15-11)3-6-1-2-6/h4-6H,1-3H2,(H,14,15)(H,16,17). The lowest BCUT2D eigenvalue weighted by Crippen LogP contribution is -1.98. The maximum absolute atomic E-state index is 13.2. The smallest absolute Gasteiger partial charge is 0.338 e. The van der Waals surface area contributed by atoms with Crippen LogP contribution in [0, 0.1) is 11.7 Å².